The van der Waals surface area contributed by atoms with Crippen molar-refractivity contribution < 1.29 is 19.1 Å². The molecule has 8 heteroatoms. The quantitative estimate of drug-likeness (QED) is 0.713. The van der Waals surface area contributed by atoms with Crippen LogP contribution in [-0.2, 0) is 14.3 Å². The highest BCUT2D eigenvalue weighted by Crippen LogP contribution is 2.32. The fourth-order valence-electron chi connectivity index (χ4n) is 3.00. The second-order valence-corrected chi connectivity index (χ2v) is 8.24. The number of alkyl carbamates (subject to hydrolysis) is 1. The highest BCUT2D eigenvalue weighted by molar-refractivity contribution is 8.01. The molecule has 3 heterocycles. The van der Waals surface area contributed by atoms with Crippen molar-refractivity contribution in [2.75, 3.05) is 25.4 Å². The van der Waals surface area contributed by atoms with Crippen LogP contribution in [0.25, 0.3) is 0 Å². The molecule has 0 radical (unpaired) electrons. The second kappa shape index (κ2) is 5.33. The number of thioether (sulfide) groups is 1. The van der Waals surface area contributed by atoms with E-state index in [-0.39, 0.29) is 17.9 Å². The van der Waals surface area contributed by atoms with Crippen LogP contribution in [0.5, 0.6) is 0 Å². The van der Waals surface area contributed by atoms with E-state index in [1.54, 1.807) is 4.90 Å². The van der Waals surface area contributed by atoms with Gasteiger partial charge in [0.25, 0.3) is 0 Å². The lowest BCUT2D eigenvalue weighted by molar-refractivity contribution is -0.139. The minimum Gasteiger partial charge on any atom is -0.441 e. The molecule has 0 aromatic carbocycles. The number of amides is 3. The van der Waals surface area contributed by atoms with E-state index in [2.05, 4.69) is 10.6 Å². The second-order valence-electron chi connectivity index (χ2n) is 6.60. The van der Waals surface area contributed by atoms with Gasteiger partial charge in [-0.1, -0.05) is 0 Å². The fourth-order valence-corrected chi connectivity index (χ4v) is 4.00. The predicted molar refractivity (Wildman–Crippen MR) is 81.5 cm³/mol. The molecule has 0 aromatic heterocycles. The summed E-state index contributed by atoms with van der Waals surface area (Å²) < 4.78 is 4.87. The van der Waals surface area contributed by atoms with Crippen molar-refractivity contribution in [1.29, 1.82) is 0 Å². The van der Waals surface area contributed by atoms with Crippen LogP contribution in [0.15, 0.2) is 0 Å². The molecule has 3 aliphatic heterocycles. The van der Waals surface area contributed by atoms with Crippen molar-refractivity contribution in [3.63, 3.8) is 0 Å². The first-order chi connectivity index (χ1) is 10.3. The maximum atomic E-state index is 12.6. The zero-order chi connectivity index (χ0) is 16.0. The lowest BCUT2D eigenvalue weighted by atomic mass is 9.91. The zero-order valence-electron chi connectivity index (χ0n) is 12.8. The lowest BCUT2D eigenvalue weighted by Crippen LogP contribution is -2.59. The summed E-state index contributed by atoms with van der Waals surface area (Å²) in [4.78, 5) is 37.5. The number of likely N-dealkylation sites (tertiary alicyclic amines) is 1. The van der Waals surface area contributed by atoms with Crippen molar-refractivity contribution in [2.24, 2.45) is 0 Å². The normalized spacial score (nSPS) is 29.7. The Kier molecular flexibility index (Phi) is 3.74. The molecular formula is C14H21N3O4S. The van der Waals surface area contributed by atoms with E-state index >= 15 is 0 Å². The van der Waals surface area contributed by atoms with Crippen molar-refractivity contribution in [2.45, 2.75) is 43.1 Å². The van der Waals surface area contributed by atoms with Crippen LogP contribution in [0.3, 0.4) is 0 Å². The van der Waals surface area contributed by atoms with Gasteiger partial charge in [-0.25, -0.2) is 4.79 Å². The molecule has 2 N–H and O–H groups in total. The Labute approximate surface area is 133 Å². The summed E-state index contributed by atoms with van der Waals surface area (Å²) in [6, 6.07) is -0.455. The highest BCUT2D eigenvalue weighted by atomic mass is 32.2. The van der Waals surface area contributed by atoms with Gasteiger partial charge in [0.1, 0.15) is 11.6 Å². The van der Waals surface area contributed by atoms with Gasteiger partial charge in [-0.3, -0.25) is 9.59 Å². The van der Waals surface area contributed by atoms with Crippen LogP contribution in [0.2, 0.25) is 0 Å². The molecule has 3 rings (SSSR count). The first-order valence-electron chi connectivity index (χ1n) is 7.52. The Balaban J connectivity index is 1.56. The molecular weight excluding hydrogens is 306 g/mol. The summed E-state index contributed by atoms with van der Waals surface area (Å²) >= 11 is 1.51. The van der Waals surface area contributed by atoms with Crippen molar-refractivity contribution >= 4 is 29.7 Å². The number of piperidine rings is 1. The molecule has 122 valence electrons. The molecule has 0 bridgehead atoms. The van der Waals surface area contributed by atoms with E-state index in [9.17, 15) is 14.4 Å². The van der Waals surface area contributed by atoms with Crippen molar-refractivity contribution in [3.05, 3.63) is 0 Å². The van der Waals surface area contributed by atoms with Gasteiger partial charge >= 0.3 is 6.09 Å². The van der Waals surface area contributed by atoms with Crippen LogP contribution in [0, 0.1) is 0 Å². The third-order valence-electron chi connectivity index (χ3n) is 4.61. The van der Waals surface area contributed by atoms with E-state index in [0.29, 0.717) is 38.2 Å². The molecule has 0 aliphatic carbocycles. The predicted octanol–water partition coefficient (Wildman–Crippen LogP) is 0.0976. The third-order valence-corrected chi connectivity index (χ3v) is 6.02. The van der Waals surface area contributed by atoms with Gasteiger partial charge in [-0.2, -0.15) is 0 Å². The van der Waals surface area contributed by atoms with Gasteiger partial charge in [0.05, 0.1) is 11.3 Å². The van der Waals surface area contributed by atoms with Crippen LogP contribution in [-0.4, -0.2) is 64.6 Å². The molecule has 0 aromatic rings. The van der Waals surface area contributed by atoms with E-state index in [4.69, 9.17) is 4.74 Å². The topological polar surface area (TPSA) is 87.7 Å². The first kappa shape index (κ1) is 15.5. The number of carbonyl (C=O) groups is 3. The van der Waals surface area contributed by atoms with Crippen LogP contribution in [0.4, 0.5) is 4.79 Å². The molecule has 3 amide bonds. The Morgan fingerprint density at radius 1 is 1.32 bits per heavy atom. The maximum absolute atomic E-state index is 12.6. The summed E-state index contributed by atoms with van der Waals surface area (Å²) in [7, 11) is 0. The average molecular weight is 327 g/mol. The number of hydrogen-bond acceptors (Lipinski definition) is 5. The monoisotopic (exact) mass is 327 g/mol. The van der Waals surface area contributed by atoms with E-state index < -0.39 is 16.4 Å². The minimum absolute atomic E-state index is 0.0384. The van der Waals surface area contributed by atoms with E-state index in [0.717, 1.165) is 0 Å². The van der Waals surface area contributed by atoms with Gasteiger partial charge in [-0.15, -0.1) is 11.8 Å². The average Bonchev–Trinajstić information content (AvgIpc) is 2.83. The maximum Gasteiger partial charge on any atom is 0.407 e. The van der Waals surface area contributed by atoms with Gasteiger partial charge in [-0.05, 0) is 13.8 Å². The first-order valence-corrected chi connectivity index (χ1v) is 8.50. The Morgan fingerprint density at radius 2 is 2.00 bits per heavy atom. The molecule has 1 spiro atoms. The number of carbonyl (C=O) groups excluding carboxylic acids is 3. The standard InChI is InChI=1S/C14H21N3O4S/c1-13(2)11(19)16-9(7-22-13)10(18)17-5-3-14(4-6-17)8-15-12(20)21-14/h9H,3-8H2,1-2H3,(H,15,20)(H,16,19). The van der Waals surface area contributed by atoms with E-state index in [1.165, 1.54) is 11.8 Å². The number of nitrogens with zero attached hydrogens (tertiary/aromatic N) is 1. The number of ether oxygens (including phenoxy) is 1. The van der Waals surface area contributed by atoms with Crippen LogP contribution in [0.1, 0.15) is 26.7 Å². The number of nitrogens with one attached hydrogen (secondary N) is 2. The number of rotatable bonds is 1. The largest absolute Gasteiger partial charge is 0.441 e. The molecule has 3 fully saturated rings. The van der Waals surface area contributed by atoms with E-state index in [1.807, 2.05) is 13.8 Å². The third kappa shape index (κ3) is 2.76. The van der Waals surface area contributed by atoms with Gasteiger partial charge < -0.3 is 20.3 Å². The summed E-state index contributed by atoms with van der Waals surface area (Å²) in [5.41, 5.74) is -0.458. The highest BCUT2D eigenvalue weighted by Gasteiger charge is 2.45. The summed E-state index contributed by atoms with van der Waals surface area (Å²) in [5.74, 6) is 0.462. The van der Waals surface area contributed by atoms with Crippen molar-refractivity contribution in [1.82, 2.24) is 15.5 Å². The molecule has 22 heavy (non-hydrogen) atoms. The Bertz CT molecular complexity index is 514. The lowest BCUT2D eigenvalue weighted by Gasteiger charge is -2.40. The van der Waals surface area contributed by atoms with Crippen LogP contribution >= 0.6 is 11.8 Å². The Morgan fingerprint density at radius 3 is 2.55 bits per heavy atom. The van der Waals surface area contributed by atoms with Gasteiger partial charge in [0, 0.05) is 31.7 Å². The molecule has 0 saturated carbocycles. The molecule has 3 aliphatic rings. The summed E-state index contributed by atoms with van der Waals surface area (Å²) in [6.45, 7) is 5.33. The number of hydrogen-bond donors (Lipinski definition) is 2. The SMILES string of the molecule is CC1(C)SCC(C(=O)N2CCC3(CC2)CNC(=O)O3)NC1=O. The van der Waals surface area contributed by atoms with Crippen LogP contribution < -0.4 is 10.6 Å². The Hall–Kier alpha value is -1.44. The molecule has 1 unspecified atom stereocenters. The van der Waals surface area contributed by atoms with Crippen molar-refractivity contribution in [3.8, 4) is 0 Å². The molecule has 3 saturated heterocycles. The summed E-state index contributed by atoms with van der Waals surface area (Å²) in [5, 5.41) is 5.50. The minimum atomic E-state index is -0.480. The summed E-state index contributed by atoms with van der Waals surface area (Å²) in [6.07, 6.45) is 0.894. The molecule has 7 nitrogen and oxygen atoms in total. The van der Waals surface area contributed by atoms with Gasteiger partial charge in [0.15, 0.2) is 0 Å². The zero-order valence-corrected chi connectivity index (χ0v) is 13.6. The van der Waals surface area contributed by atoms with Gasteiger partial charge in [0.2, 0.25) is 11.8 Å². The fraction of sp³-hybridized carbons (Fsp3) is 0.786. The smallest absolute Gasteiger partial charge is 0.407 e. The molecule has 1 atom stereocenters.